The molecule has 0 aromatic carbocycles. The SMILES string of the molecule is CC#CCC(=O)C(O)CC. The number of rotatable bonds is 3. The van der Waals surface area contributed by atoms with Gasteiger partial charge in [-0.25, -0.2) is 0 Å². The summed E-state index contributed by atoms with van der Waals surface area (Å²) in [5, 5.41) is 8.94. The lowest BCUT2D eigenvalue weighted by Crippen LogP contribution is -2.17. The summed E-state index contributed by atoms with van der Waals surface area (Å²) in [6.07, 6.45) is -0.170. The third kappa shape index (κ3) is 3.26. The summed E-state index contributed by atoms with van der Waals surface area (Å²) in [7, 11) is 0. The number of ketones is 1. The van der Waals surface area contributed by atoms with Gasteiger partial charge in [-0.2, -0.15) is 0 Å². The summed E-state index contributed by atoms with van der Waals surface area (Å²) in [5.74, 6) is 5.02. The van der Waals surface area contributed by atoms with E-state index in [2.05, 4.69) is 11.8 Å². The first-order valence-electron chi connectivity index (χ1n) is 3.32. The van der Waals surface area contributed by atoms with Crippen LogP contribution in [0, 0.1) is 11.8 Å². The number of hydrogen-bond acceptors (Lipinski definition) is 2. The van der Waals surface area contributed by atoms with Crippen molar-refractivity contribution >= 4 is 5.78 Å². The van der Waals surface area contributed by atoms with E-state index in [0.717, 1.165) is 0 Å². The number of carbonyl (C=O) groups is 1. The van der Waals surface area contributed by atoms with E-state index < -0.39 is 6.10 Å². The lowest BCUT2D eigenvalue weighted by Gasteiger charge is -2.01. The second-order valence-electron chi connectivity index (χ2n) is 1.99. The molecule has 0 heterocycles. The van der Waals surface area contributed by atoms with Gasteiger partial charge in [0, 0.05) is 0 Å². The molecule has 56 valence electrons. The van der Waals surface area contributed by atoms with Gasteiger partial charge in [0.25, 0.3) is 0 Å². The van der Waals surface area contributed by atoms with Crippen LogP contribution in [-0.2, 0) is 4.79 Å². The average molecular weight is 140 g/mol. The van der Waals surface area contributed by atoms with Gasteiger partial charge in [0.15, 0.2) is 5.78 Å². The van der Waals surface area contributed by atoms with Crippen LogP contribution in [0.5, 0.6) is 0 Å². The third-order valence-corrected chi connectivity index (χ3v) is 1.20. The Hall–Kier alpha value is -0.810. The minimum atomic E-state index is -0.819. The summed E-state index contributed by atoms with van der Waals surface area (Å²) in [6, 6.07) is 0. The zero-order chi connectivity index (χ0) is 7.98. The average Bonchev–Trinajstić information content (AvgIpc) is 1.98. The Morgan fingerprint density at radius 3 is 2.70 bits per heavy atom. The molecule has 0 aromatic heterocycles. The van der Waals surface area contributed by atoms with E-state index in [1.807, 2.05) is 0 Å². The Morgan fingerprint density at radius 2 is 2.30 bits per heavy atom. The van der Waals surface area contributed by atoms with Crippen LogP contribution in [0.3, 0.4) is 0 Å². The van der Waals surface area contributed by atoms with E-state index in [4.69, 9.17) is 5.11 Å². The van der Waals surface area contributed by atoms with Gasteiger partial charge in [-0.1, -0.05) is 12.8 Å². The molecule has 0 bridgehead atoms. The molecule has 0 aliphatic rings. The molecule has 1 N–H and O–H groups in total. The molecule has 0 aliphatic carbocycles. The van der Waals surface area contributed by atoms with E-state index in [0.29, 0.717) is 6.42 Å². The first kappa shape index (κ1) is 9.19. The predicted molar refractivity (Wildman–Crippen MR) is 39.4 cm³/mol. The van der Waals surface area contributed by atoms with Crippen LogP contribution in [0.2, 0.25) is 0 Å². The van der Waals surface area contributed by atoms with Crippen LogP contribution < -0.4 is 0 Å². The van der Waals surface area contributed by atoms with E-state index in [1.165, 1.54) is 0 Å². The highest BCUT2D eigenvalue weighted by molar-refractivity contribution is 5.84. The molecular weight excluding hydrogens is 128 g/mol. The van der Waals surface area contributed by atoms with Crippen molar-refractivity contribution in [2.75, 3.05) is 0 Å². The van der Waals surface area contributed by atoms with Crippen molar-refractivity contribution in [3.05, 3.63) is 0 Å². The van der Waals surface area contributed by atoms with Gasteiger partial charge in [0.1, 0.15) is 6.10 Å². The molecule has 1 unspecified atom stereocenters. The van der Waals surface area contributed by atoms with E-state index in [9.17, 15) is 4.79 Å². The van der Waals surface area contributed by atoms with Gasteiger partial charge in [-0.3, -0.25) is 4.79 Å². The van der Waals surface area contributed by atoms with Crippen molar-refractivity contribution < 1.29 is 9.90 Å². The molecule has 2 heteroatoms. The monoisotopic (exact) mass is 140 g/mol. The molecule has 0 spiro atoms. The topological polar surface area (TPSA) is 37.3 Å². The zero-order valence-electron chi connectivity index (χ0n) is 6.35. The fraction of sp³-hybridized carbons (Fsp3) is 0.625. The molecule has 0 fully saturated rings. The smallest absolute Gasteiger partial charge is 0.173 e. The molecule has 10 heavy (non-hydrogen) atoms. The Labute approximate surface area is 61.2 Å². The molecule has 0 aliphatic heterocycles. The molecule has 0 aromatic rings. The van der Waals surface area contributed by atoms with Crippen molar-refractivity contribution in [2.45, 2.75) is 32.8 Å². The molecule has 0 saturated heterocycles. The van der Waals surface area contributed by atoms with Crippen molar-refractivity contribution in [2.24, 2.45) is 0 Å². The van der Waals surface area contributed by atoms with Gasteiger partial charge < -0.3 is 5.11 Å². The summed E-state index contributed by atoms with van der Waals surface area (Å²) >= 11 is 0. The maximum Gasteiger partial charge on any atom is 0.173 e. The number of hydrogen-bond donors (Lipinski definition) is 1. The minimum Gasteiger partial charge on any atom is -0.385 e. The highest BCUT2D eigenvalue weighted by Gasteiger charge is 2.09. The lowest BCUT2D eigenvalue weighted by molar-refractivity contribution is -0.126. The maximum absolute atomic E-state index is 10.8. The van der Waals surface area contributed by atoms with Crippen molar-refractivity contribution in [1.29, 1.82) is 0 Å². The molecular formula is C8H12O2. The summed E-state index contributed by atoms with van der Waals surface area (Å²) in [6.45, 7) is 3.44. The highest BCUT2D eigenvalue weighted by Crippen LogP contribution is 1.94. The maximum atomic E-state index is 10.8. The minimum absolute atomic E-state index is 0.172. The van der Waals surface area contributed by atoms with Crippen LogP contribution in [0.15, 0.2) is 0 Å². The van der Waals surface area contributed by atoms with Crippen LogP contribution in [0.4, 0.5) is 0 Å². The number of aliphatic hydroxyl groups excluding tert-OH is 1. The summed E-state index contributed by atoms with van der Waals surface area (Å²) < 4.78 is 0. The van der Waals surface area contributed by atoms with Crippen molar-refractivity contribution in [3.8, 4) is 11.8 Å². The fourth-order valence-corrected chi connectivity index (χ4v) is 0.521. The van der Waals surface area contributed by atoms with Crippen LogP contribution >= 0.6 is 0 Å². The first-order chi connectivity index (χ1) is 4.72. The zero-order valence-corrected chi connectivity index (χ0v) is 6.35. The van der Waals surface area contributed by atoms with Gasteiger partial charge in [0.05, 0.1) is 6.42 Å². The number of carbonyl (C=O) groups excluding carboxylic acids is 1. The van der Waals surface area contributed by atoms with Crippen molar-refractivity contribution in [1.82, 2.24) is 0 Å². The molecule has 0 radical (unpaired) electrons. The van der Waals surface area contributed by atoms with E-state index >= 15 is 0 Å². The van der Waals surface area contributed by atoms with Crippen molar-refractivity contribution in [3.63, 3.8) is 0 Å². The molecule has 0 saturated carbocycles. The Kier molecular flexibility index (Phi) is 4.61. The Morgan fingerprint density at radius 1 is 1.70 bits per heavy atom. The Bertz CT molecular complexity index is 162. The van der Waals surface area contributed by atoms with Crippen LogP contribution in [0.25, 0.3) is 0 Å². The van der Waals surface area contributed by atoms with Crippen LogP contribution in [0.1, 0.15) is 26.7 Å². The number of aliphatic hydroxyl groups is 1. The lowest BCUT2D eigenvalue weighted by atomic mass is 10.1. The molecule has 0 amide bonds. The Balaban J connectivity index is 3.69. The second kappa shape index (κ2) is 5.01. The van der Waals surface area contributed by atoms with E-state index in [1.54, 1.807) is 13.8 Å². The standard InChI is InChI=1S/C8H12O2/c1-3-5-6-8(10)7(9)4-2/h7,9H,4,6H2,1-2H3. The van der Waals surface area contributed by atoms with Gasteiger partial charge in [-0.15, -0.1) is 5.92 Å². The predicted octanol–water partition coefficient (Wildman–Crippen LogP) is 0.740. The van der Waals surface area contributed by atoms with Gasteiger partial charge >= 0.3 is 0 Å². The number of Topliss-reactive ketones (excluding diaryl/α,β-unsaturated/α-hetero) is 1. The first-order valence-corrected chi connectivity index (χ1v) is 3.32. The quantitative estimate of drug-likeness (QED) is 0.587. The van der Waals surface area contributed by atoms with E-state index in [-0.39, 0.29) is 12.2 Å². The second-order valence-corrected chi connectivity index (χ2v) is 1.99. The summed E-state index contributed by atoms with van der Waals surface area (Å²) in [5.41, 5.74) is 0. The normalized spacial score (nSPS) is 11.5. The van der Waals surface area contributed by atoms with Gasteiger partial charge in [-0.05, 0) is 13.3 Å². The highest BCUT2D eigenvalue weighted by atomic mass is 16.3. The molecule has 2 nitrogen and oxygen atoms in total. The largest absolute Gasteiger partial charge is 0.385 e. The summed E-state index contributed by atoms with van der Waals surface area (Å²) in [4.78, 5) is 10.8. The fourth-order valence-electron chi connectivity index (χ4n) is 0.521. The molecule has 0 rings (SSSR count). The molecule has 1 atom stereocenters. The van der Waals surface area contributed by atoms with Crippen LogP contribution in [-0.4, -0.2) is 17.0 Å². The van der Waals surface area contributed by atoms with Gasteiger partial charge in [0.2, 0.25) is 0 Å². The third-order valence-electron chi connectivity index (χ3n) is 1.20.